The molecule has 1 amide bonds. The number of ether oxygens (including phenoxy) is 2. The Kier molecular flexibility index (Phi) is 8.75. The van der Waals surface area contributed by atoms with Crippen molar-refractivity contribution in [1.82, 2.24) is 0 Å². The molecule has 0 bridgehead atoms. The molecule has 0 aliphatic rings. The van der Waals surface area contributed by atoms with Gasteiger partial charge in [-0.1, -0.05) is 41.9 Å². The maximum atomic E-state index is 12.8. The Balaban J connectivity index is 1.87. The van der Waals surface area contributed by atoms with Gasteiger partial charge in [0.15, 0.2) is 11.5 Å². The third-order valence-corrected chi connectivity index (χ3v) is 5.94. The number of benzene rings is 3. The smallest absolute Gasteiger partial charge is 0.266 e. The van der Waals surface area contributed by atoms with Crippen LogP contribution in [0.4, 0.5) is 5.69 Å². The van der Waals surface area contributed by atoms with Crippen LogP contribution in [0, 0.1) is 25.2 Å². The predicted octanol–water partition coefficient (Wildman–Crippen LogP) is 7.24. The summed E-state index contributed by atoms with van der Waals surface area (Å²) in [5.41, 5.74) is 4.04. The summed E-state index contributed by atoms with van der Waals surface area (Å²) in [4.78, 5) is 12.8. The lowest BCUT2D eigenvalue weighted by molar-refractivity contribution is -0.112. The number of amides is 1. The van der Waals surface area contributed by atoms with E-state index in [2.05, 4.69) is 21.2 Å². The van der Waals surface area contributed by atoms with Crippen LogP contribution in [0.25, 0.3) is 6.08 Å². The second-order valence-electron chi connectivity index (χ2n) is 7.59. The van der Waals surface area contributed by atoms with Crippen LogP contribution in [-0.2, 0) is 11.4 Å². The SMILES string of the molecule is CCOc1cc(/C=C(/C#N)C(=O)Nc2cc(C)ccc2C)cc(Br)c1OCc1ccccc1Cl. The van der Waals surface area contributed by atoms with E-state index in [-0.39, 0.29) is 12.2 Å². The maximum Gasteiger partial charge on any atom is 0.266 e. The largest absolute Gasteiger partial charge is 0.490 e. The molecule has 0 unspecified atom stereocenters. The second-order valence-corrected chi connectivity index (χ2v) is 8.85. The lowest BCUT2D eigenvalue weighted by atomic mass is 10.1. The number of carbonyl (C=O) groups excluding carboxylic acids is 1. The minimum atomic E-state index is -0.482. The molecule has 0 aliphatic carbocycles. The normalized spacial score (nSPS) is 11.0. The van der Waals surface area contributed by atoms with E-state index in [0.29, 0.717) is 38.9 Å². The average Bonchev–Trinajstić information content (AvgIpc) is 2.80. The Bertz CT molecular complexity index is 1280. The van der Waals surface area contributed by atoms with Gasteiger partial charge in [-0.25, -0.2) is 0 Å². The Morgan fingerprint density at radius 3 is 2.62 bits per heavy atom. The summed E-state index contributed by atoms with van der Waals surface area (Å²) < 4.78 is 12.4. The number of hydrogen-bond acceptors (Lipinski definition) is 4. The zero-order valence-electron chi connectivity index (χ0n) is 19.1. The Morgan fingerprint density at radius 1 is 1.15 bits per heavy atom. The van der Waals surface area contributed by atoms with Gasteiger partial charge in [0.05, 0.1) is 11.1 Å². The topological polar surface area (TPSA) is 71.3 Å². The first-order chi connectivity index (χ1) is 16.3. The summed E-state index contributed by atoms with van der Waals surface area (Å²) in [5.74, 6) is 0.518. The quantitative estimate of drug-likeness (QED) is 0.242. The van der Waals surface area contributed by atoms with Crippen LogP contribution in [0.15, 0.2) is 64.6 Å². The van der Waals surface area contributed by atoms with Crippen LogP contribution in [-0.4, -0.2) is 12.5 Å². The van der Waals surface area contributed by atoms with Crippen LogP contribution in [0.5, 0.6) is 11.5 Å². The molecule has 0 heterocycles. The number of anilines is 1. The molecule has 0 aromatic heterocycles. The highest BCUT2D eigenvalue weighted by Gasteiger charge is 2.16. The van der Waals surface area contributed by atoms with Gasteiger partial charge >= 0.3 is 0 Å². The zero-order valence-corrected chi connectivity index (χ0v) is 21.5. The molecule has 0 atom stereocenters. The number of nitriles is 1. The van der Waals surface area contributed by atoms with Crippen LogP contribution in [0.3, 0.4) is 0 Å². The molecule has 1 N–H and O–H groups in total. The fraction of sp³-hybridized carbons (Fsp3) is 0.185. The van der Waals surface area contributed by atoms with E-state index in [9.17, 15) is 10.1 Å². The van der Waals surface area contributed by atoms with Gasteiger partial charge in [-0.2, -0.15) is 5.26 Å². The van der Waals surface area contributed by atoms with Crippen molar-refractivity contribution in [2.24, 2.45) is 0 Å². The molecular weight excluding hydrogens is 516 g/mol. The minimum Gasteiger partial charge on any atom is -0.490 e. The van der Waals surface area contributed by atoms with Crippen molar-refractivity contribution in [3.05, 3.63) is 91.9 Å². The van der Waals surface area contributed by atoms with E-state index in [1.165, 1.54) is 6.08 Å². The van der Waals surface area contributed by atoms with E-state index < -0.39 is 5.91 Å². The number of hydrogen-bond donors (Lipinski definition) is 1. The number of halogens is 2. The molecule has 3 aromatic carbocycles. The Hall–Kier alpha value is -3.27. The number of aryl methyl sites for hydroxylation is 2. The van der Waals surface area contributed by atoms with Gasteiger partial charge in [0.1, 0.15) is 18.2 Å². The molecule has 7 heteroatoms. The summed E-state index contributed by atoms with van der Waals surface area (Å²) in [6.07, 6.45) is 1.52. The Labute approximate surface area is 213 Å². The average molecular weight is 540 g/mol. The molecule has 0 aliphatic heterocycles. The maximum absolute atomic E-state index is 12.8. The first kappa shape index (κ1) is 25.4. The van der Waals surface area contributed by atoms with Gasteiger partial charge in [-0.3, -0.25) is 4.79 Å². The van der Waals surface area contributed by atoms with Crippen molar-refractivity contribution < 1.29 is 14.3 Å². The first-order valence-electron chi connectivity index (χ1n) is 10.6. The fourth-order valence-electron chi connectivity index (χ4n) is 3.22. The van der Waals surface area contributed by atoms with Gasteiger partial charge in [-0.05, 0) is 83.7 Å². The van der Waals surface area contributed by atoms with Gasteiger partial charge < -0.3 is 14.8 Å². The molecule has 174 valence electrons. The van der Waals surface area contributed by atoms with Crippen molar-refractivity contribution >= 4 is 45.2 Å². The van der Waals surface area contributed by atoms with Gasteiger partial charge in [0, 0.05) is 16.3 Å². The highest BCUT2D eigenvalue weighted by atomic mass is 79.9. The molecule has 0 saturated heterocycles. The van der Waals surface area contributed by atoms with E-state index >= 15 is 0 Å². The third kappa shape index (κ3) is 6.40. The number of carbonyl (C=O) groups is 1. The predicted molar refractivity (Wildman–Crippen MR) is 139 cm³/mol. The van der Waals surface area contributed by atoms with Gasteiger partial charge in [-0.15, -0.1) is 0 Å². The van der Waals surface area contributed by atoms with Gasteiger partial charge in [0.25, 0.3) is 5.91 Å². The van der Waals surface area contributed by atoms with Crippen LogP contribution in [0.2, 0.25) is 5.02 Å². The minimum absolute atomic E-state index is 0.0278. The van der Waals surface area contributed by atoms with Crippen LogP contribution < -0.4 is 14.8 Å². The monoisotopic (exact) mass is 538 g/mol. The van der Waals surface area contributed by atoms with Crippen molar-refractivity contribution in [2.45, 2.75) is 27.4 Å². The highest BCUT2D eigenvalue weighted by Crippen LogP contribution is 2.38. The Morgan fingerprint density at radius 2 is 1.91 bits per heavy atom. The lowest BCUT2D eigenvalue weighted by Crippen LogP contribution is -2.14. The molecule has 0 spiro atoms. The molecule has 3 rings (SSSR count). The number of rotatable bonds is 8. The van der Waals surface area contributed by atoms with Crippen molar-refractivity contribution in [3.63, 3.8) is 0 Å². The summed E-state index contributed by atoms with van der Waals surface area (Å²) >= 11 is 9.77. The molecule has 3 aromatic rings. The van der Waals surface area contributed by atoms with Crippen molar-refractivity contribution in [1.29, 1.82) is 5.26 Å². The third-order valence-electron chi connectivity index (χ3n) is 4.98. The van der Waals surface area contributed by atoms with Crippen LogP contribution in [0.1, 0.15) is 29.2 Å². The fourth-order valence-corrected chi connectivity index (χ4v) is 3.98. The molecule has 0 saturated carbocycles. The van der Waals surface area contributed by atoms with Crippen molar-refractivity contribution in [3.8, 4) is 17.6 Å². The highest BCUT2D eigenvalue weighted by molar-refractivity contribution is 9.10. The lowest BCUT2D eigenvalue weighted by Gasteiger charge is -2.15. The molecule has 0 fully saturated rings. The summed E-state index contributed by atoms with van der Waals surface area (Å²) in [7, 11) is 0. The molecule has 34 heavy (non-hydrogen) atoms. The van der Waals surface area contributed by atoms with Crippen molar-refractivity contribution in [2.75, 3.05) is 11.9 Å². The zero-order chi connectivity index (χ0) is 24.7. The van der Waals surface area contributed by atoms with Crippen LogP contribution >= 0.6 is 27.5 Å². The van der Waals surface area contributed by atoms with E-state index in [1.807, 2.05) is 63.2 Å². The summed E-state index contributed by atoms with van der Waals surface area (Å²) in [6.45, 7) is 6.39. The molecular formula is C27H24BrClN2O3. The van der Waals surface area contributed by atoms with E-state index in [4.69, 9.17) is 21.1 Å². The summed E-state index contributed by atoms with van der Waals surface area (Å²) in [5, 5.41) is 13.1. The van der Waals surface area contributed by atoms with E-state index in [0.717, 1.165) is 16.7 Å². The molecule has 0 radical (unpaired) electrons. The number of nitrogens with zero attached hydrogens (tertiary/aromatic N) is 1. The van der Waals surface area contributed by atoms with Gasteiger partial charge in [0.2, 0.25) is 0 Å². The second kappa shape index (κ2) is 11.7. The summed E-state index contributed by atoms with van der Waals surface area (Å²) in [6, 6.07) is 18.7. The number of nitrogens with one attached hydrogen (secondary N) is 1. The van der Waals surface area contributed by atoms with E-state index in [1.54, 1.807) is 18.2 Å². The standard InChI is InChI=1S/C27H24BrClN2O3/c1-4-33-25-14-19(13-22(28)26(25)34-16-20-7-5-6-8-23(20)29)12-21(15-30)27(32)31-24-11-17(2)9-10-18(24)3/h5-14H,4,16H2,1-3H3,(H,31,32)/b21-12-. The first-order valence-corrected chi connectivity index (χ1v) is 11.8. The molecule has 5 nitrogen and oxygen atoms in total.